The Hall–Kier alpha value is -1.59. The summed E-state index contributed by atoms with van der Waals surface area (Å²) in [5.41, 5.74) is 6.97. The van der Waals surface area contributed by atoms with Crippen molar-refractivity contribution in [2.45, 2.75) is 26.3 Å². The van der Waals surface area contributed by atoms with Gasteiger partial charge in [0.2, 0.25) is 11.8 Å². The maximum Gasteiger partial charge on any atom is 0.221 e. The van der Waals surface area contributed by atoms with Gasteiger partial charge in [-0.05, 0) is 24.6 Å². The molecule has 1 aromatic carbocycles. The highest BCUT2D eigenvalue weighted by Gasteiger charge is 2.09. The fraction of sp³-hybridized carbons (Fsp3) is 0.385. The zero-order valence-electron chi connectivity index (χ0n) is 11.1. The van der Waals surface area contributed by atoms with E-state index < -0.39 is 0 Å². The van der Waals surface area contributed by atoms with Gasteiger partial charge in [0.05, 0.1) is 6.04 Å². The molecule has 0 spiro atoms. The Balaban J connectivity index is 0.00000324. The molecule has 0 aromatic heterocycles. The average Bonchev–Trinajstić information content (AvgIpc) is 2.28. The third-order valence-corrected chi connectivity index (χ3v) is 2.46. The summed E-state index contributed by atoms with van der Waals surface area (Å²) in [6.45, 7) is 3.69. The van der Waals surface area contributed by atoms with Gasteiger partial charge in [0.25, 0.3) is 0 Å². The molecule has 0 heterocycles. The van der Waals surface area contributed by atoms with Gasteiger partial charge in [-0.25, -0.2) is 0 Å². The van der Waals surface area contributed by atoms with Crippen LogP contribution in [0.4, 0.5) is 5.69 Å². The lowest BCUT2D eigenvalue weighted by molar-refractivity contribution is -0.121. The van der Waals surface area contributed by atoms with E-state index in [1.165, 1.54) is 6.92 Å². The van der Waals surface area contributed by atoms with E-state index in [1.54, 1.807) is 6.07 Å². The molecule has 5 nitrogen and oxygen atoms in total. The fourth-order valence-corrected chi connectivity index (χ4v) is 1.62. The van der Waals surface area contributed by atoms with Gasteiger partial charge in [0.15, 0.2) is 0 Å². The summed E-state index contributed by atoms with van der Waals surface area (Å²) in [6, 6.07) is 7.27. The molecule has 0 radical (unpaired) electrons. The molecule has 4 N–H and O–H groups in total. The van der Waals surface area contributed by atoms with Crippen molar-refractivity contribution in [3.8, 4) is 0 Å². The number of rotatable bonds is 5. The molecule has 1 atom stereocenters. The number of halogens is 1. The highest BCUT2D eigenvalue weighted by atomic mass is 35.5. The third-order valence-electron chi connectivity index (χ3n) is 2.46. The molecule has 19 heavy (non-hydrogen) atoms. The minimum atomic E-state index is -0.119. The Morgan fingerprint density at radius 3 is 2.63 bits per heavy atom. The van der Waals surface area contributed by atoms with Crippen LogP contribution in [0.5, 0.6) is 0 Å². The molecule has 0 fully saturated rings. The van der Waals surface area contributed by atoms with Gasteiger partial charge in [-0.2, -0.15) is 0 Å². The van der Waals surface area contributed by atoms with Crippen molar-refractivity contribution in [2.24, 2.45) is 5.73 Å². The first-order chi connectivity index (χ1) is 8.52. The molecule has 0 saturated heterocycles. The summed E-state index contributed by atoms with van der Waals surface area (Å²) in [5.74, 6) is -0.193. The van der Waals surface area contributed by atoms with Crippen LogP contribution >= 0.6 is 12.4 Å². The summed E-state index contributed by atoms with van der Waals surface area (Å²) in [5, 5.41) is 5.55. The van der Waals surface area contributed by atoms with Crippen LogP contribution < -0.4 is 16.4 Å². The van der Waals surface area contributed by atoms with E-state index >= 15 is 0 Å². The Morgan fingerprint density at radius 1 is 1.37 bits per heavy atom. The predicted molar refractivity (Wildman–Crippen MR) is 78.2 cm³/mol. The quantitative estimate of drug-likeness (QED) is 0.768. The highest BCUT2D eigenvalue weighted by molar-refractivity contribution is 5.88. The molecule has 0 saturated carbocycles. The SMILES string of the molecule is CC(=O)Nc1cccc(C(C)NC(=O)CCN)c1.Cl. The van der Waals surface area contributed by atoms with Crippen LogP contribution in [0, 0.1) is 0 Å². The molecule has 0 aliphatic rings. The van der Waals surface area contributed by atoms with Crippen LogP contribution in [-0.4, -0.2) is 18.4 Å². The van der Waals surface area contributed by atoms with Crippen molar-refractivity contribution in [3.63, 3.8) is 0 Å². The van der Waals surface area contributed by atoms with E-state index in [-0.39, 0.29) is 30.3 Å². The topological polar surface area (TPSA) is 84.2 Å². The first-order valence-electron chi connectivity index (χ1n) is 5.90. The minimum absolute atomic E-state index is 0. The second-order valence-electron chi connectivity index (χ2n) is 4.13. The highest BCUT2D eigenvalue weighted by Crippen LogP contribution is 2.17. The molecule has 1 unspecified atom stereocenters. The van der Waals surface area contributed by atoms with E-state index in [2.05, 4.69) is 10.6 Å². The second-order valence-corrected chi connectivity index (χ2v) is 4.13. The van der Waals surface area contributed by atoms with Gasteiger partial charge in [-0.1, -0.05) is 12.1 Å². The van der Waals surface area contributed by atoms with Gasteiger partial charge < -0.3 is 16.4 Å². The lowest BCUT2D eigenvalue weighted by Gasteiger charge is -2.15. The summed E-state index contributed by atoms with van der Waals surface area (Å²) in [6.07, 6.45) is 0.315. The lowest BCUT2D eigenvalue weighted by atomic mass is 10.1. The summed E-state index contributed by atoms with van der Waals surface area (Å²) in [4.78, 5) is 22.4. The fourth-order valence-electron chi connectivity index (χ4n) is 1.62. The number of nitrogens with two attached hydrogens (primary N) is 1. The summed E-state index contributed by atoms with van der Waals surface area (Å²) >= 11 is 0. The number of amides is 2. The zero-order chi connectivity index (χ0) is 13.5. The van der Waals surface area contributed by atoms with Crippen LogP contribution in [-0.2, 0) is 9.59 Å². The van der Waals surface area contributed by atoms with Gasteiger partial charge >= 0.3 is 0 Å². The Bertz CT molecular complexity index is 438. The van der Waals surface area contributed by atoms with E-state index in [0.717, 1.165) is 11.3 Å². The predicted octanol–water partition coefficient (Wildman–Crippen LogP) is 1.59. The first kappa shape index (κ1) is 17.4. The first-order valence-corrected chi connectivity index (χ1v) is 5.90. The molecule has 1 aromatic rings. The number of carbonyl (C=O) groups excluding carboxylic acids is 2. The van der Waals surface area contributed by atoms with Crippen molar-refractivity contribution in [1.29, 1.82) is 0 Å². The van der Waals surface area contributed by atoms with Gasteiger partial charge in [-0.15, -0.1) is 12.4 Å². The Kier molecular flexibility index (Phi) is 7.79. The van der Waals surface area contributed by atoms with E-state index in [4.69, 9.17) is 5.73 Å². The molecular formula is C13H20ClN3O2. The van der Waals surface area contributed by atoms with Crippen LogP contribution in [0.15, 0.2) is 24.3 Å². The molecule has 0 aliphatic heterocycles. The summed E-state index contributed by atoms with van der Waals surface area (Å²) in [7, 11) is 0. The van der Waals surface area contributed by atoms with Crippen molar-refractivity contribution >= 4 is 29.9 Å². The van der Waals surface area contributed by atoms with Crippen LogP contribution in [0.3, 0.4) is 0 Å². The maximum absolute atomic E-state index is 11.4. The van der Waals surface area contributed by atoms with Crippen molar-refractivity contribution < 1.29 is 9.59 Å². The standard InChI is InChI=1S/C13H19N3O2.ClH/c1-9(15-13(18)6-7-14)11-4-3-5-12(8-11)16-10(2)17;/h3-5,8-9H,6-7,14H2,1-2H3,(H,15,18)(H,16,17);1H. The molecule has 0 aliphatic carbocycles. The third kappa shape index (κ3) is 6.22. The van der Waals surface area contributed by atoms with Gasteiger partial charge in [0, 0.05) is 25.6 Å². The average molecular weight is 286 g/mol. The molecular weight excluding hydrogens is 266 g/mol. The maximum atomic E-state index is 11.4. The van der Waals surface area contributed by atoms with Crippen LogP contribution in [0.2, 0.25) is 0 Å². The number of hydrogen-bond donors (Lipinski definition) is 3. The van der Waals surface area contributed by atoms with E-state index in [1.807, 2.05) is 25.1 Å². The summed E-state index contributed by atoms with van der Waals surface area (Å²) < 4.78 is 0. The molecule has 2 amide bonds. The molecule has 6 heteroatoms. The smallest absolute Gasteiger partial charge is 0.221 e. The number of carbonyl (C=O) groups is 2. The van der Waals surface area contributed by atoms with Crippen LogP contribution in [0.1, 0.15) is 31.9 Å². The van der Waals surface area contributed by atoms with E-state index in [9.17, 15) is 9.59 Å². The molecule has 1 rings (SSSR count). The van der Waals surface area contributed by atoms with Crippen molar-refractivity contribution in [1.82, 2.24) is 5.32 Å². The van der Waals surface area contributed by atoms with Crippen molar-refractivity contribution in [2.75, 3.05) is 11.9 Å². The van der Waals surface area contributed by atoms with Crippen LogP contribution in [0.25, 0.3) is 0 Å². The normalized spacial score (nSPS) is 11.1. The largest absolute Gasteiger partial charge is 0.350 e. The van der Waals surface area contributed by atoms with Crippen molar-refractivity contribution in [3.05, 3.63) is 29.8 Å². The van der Waals surface area contributed by atoms with E-state index in [0.29, 0.717) is 13.0 Å². The zero-order valence-corrected chi connectivity index (χ0v) is 11.9. The van der Waals surface area contributed by atoms with Gasteiger partial charge in [-0.3, -0.25) is 9.59 Å². The minimum Gasteiger partial charge on any atom is -0.350 e. The number of benzene rings is 1. The number of hydrogen-bond acceptors (Lipinski definition) is 3. The van der Waals surface area contributed by atoms with Gasteiger partial charge in [0.1, 0.15) is 0 Å². The number of anilines is 1. The monoisotopic (exact) mass is 285 g/mol. The lowest BCUT2D eigenvalue weighted by Crippen LogP contribution is -2.28. The second kappa shape index (κ2) is 8.50. The molecule has 106 valence electrons. The molecule has 0 bridgehead atoms. The Morgan fingerprint density at radius 2 is 2.05 bits per heavy atom. The Labute approximate surface area is 119 Å². The number of nitrogens with one attached hydrogen (secondary N) is 2.